The third-order valence-electron chi connectivity index (χ3n) is 4.56. The van der Waals surface area contributed by atoms with Crippen LogP contribution in [0.5, 0.6) is 11.6 Å². The van der Waals surface area contributed by atoms with Crippen LogP contribution in [-0.4, -0.2) is 56.3 Å². The van der Waals surface area contributed by atoms with Crippen molar-refractivity contribution in [3.63, 3.8) is 0 Å². The number of benzene rings is 2. The zero-order chi connectivity index (χ0) is 26.0. The van der Waals surface area contributed by atoms with E-state index in [1.54, 1.807) is 24.3 Å². The molecule has 3 rings (SSSR count). The molecule has 0 aliphatic heterocycles. The molecule has 190 valence electrons. The Balaban J connectivity index is 1.54. The second-order valence-corrected chi connectivity index (χ2v) is 9.11. The van der Waals surface area contributed by atoms with Crippen LogP contribution in [0.2, 0.25) is 0 Å². The van der Waals surface area contributed by atoms with Crippen molar-refractivity contribution in [1.82, 2.24) is 15.3 Å². The van der Waals surface area contributed by atoms with Crippen LogP contribution in [-0.2, 0) is 14.8 Å². The Hall–Kier alpha value is -3.81. The summed E-state index contributed by atoms with van der Waals surface area (Å²) in [6, 6.07) is 12.4. The van der Waals surface area contributed by atoms with Gasteiger partial charge in [0.15, 0.2) is 5.11 Å². The molecule has 0 radical (unpaired) electrons. The number of thiocarbonyl (C=S) groups is 1. The molecular weight excluding hydrogens is 506 g/mol. The Kier molecular flexibility index (Phi) is 9.50. The molecule has 11 nitrogen and oxygen atoms in total. The van der Waals surface area contributed by atoms with Crippen LogP contribution in [0, 0.1) is 0 Å². The highest BCUT2D eigenvalue weighted by atomic mass is 32.2. The summed E-state index contributed by atoms with van der Waals surface area (Å²) < 4.78 is 43.4. The molecule has 1 aromatic heterocycles. The molecule has 0 saturated heterocycles. The van der Waals surface area contributed by atoms with Crippen molar-refractivity contribution in [1.29, 1.82) is 0 Å². The molecule has 0 aliphatic carbocycles. The summed E-state index contributed by atoms with van der Waals surface area (Å²) in [7, 11) is -2.58. The average molecular weight is 532 g/mol. The average Bonchev–Trinajstić information content (AvgIpc) is 2.87. The number of nitrogens with one attached hydrogen (secondary N) is 3. The fraction of sp³-hybridized carbons (Fsp3) is 0.217. The monoisotopic (exact) mass is 531 g/mol. The second-order valence-electron chi connectivity index (χ2n) is 7.02. The van der Waals surface area contributed by atoms with Crippen molar-refractivity contribution in [2.45, 2.75) is 11.8 Å². The predicted octanol–water partition coefficient (Wildman–Crippen LogP) is 2.83. The van der Waals surface area contributed by atoms with Gasteiger partial charge < -0.3 is 19.5 Å². The molecule has 1 heterocycles. The first kappa shape index (κ1) is 26.8. The lowest BCUT2D eigenvalue weighted by Gasteiger charge is -2.12. The van der Waals surface area contributed by atoms with Crippen molar-refractivity contribution >= 4 is 44.8 Å². The molecule has 13 heteroatoms. The molecule has 3 N–H and O–H groups in total. The van der Waals surface area contributed by atoms with Gasteiger partial charge in [-0.1, -0.05) is 0 Å². The van der Waals surface area contributed by atoms with E-state index >= 15 is 0 Å². The Labute approximate surface area is 214 Å². The second kappa shape index (κ2) is 12.8. The van der Waals surface area contributed by atoms with Crippen LogP contribution in [0.1, 0.15) is 17.3 Å². The van der Waals surface area contributed by atoms with E-state index in [4.69, 9.17) is 26.4 Å². The van der Waals surface area contributed by atoms with Crippen LogP contribution in [0.25, 0.3) is 0 Å². The Morgan fingerprint density at radius 1 is 1.00 bits per heavy atom. The number of sulfonamides is 1. The summed E-state index contributed by atoms with van der Waals surface area (Å²) in [5.74, 6) is 0.226. The Morgan fingerprint density at radius 2 is 1.69 bits per heavy atom. The quantitative estimate of drug-likeness (QED) is 0.250. The fourth-order valence-electron chi connectivity index (χ4n) is 2.85. The summed E-state index contributed by atoms with van der Waals surface area (Å²) in [6.45, 7) is 3.43. The van der Waals surface area contributed by atoms with Gasteiger partial charge in [-0.25, -0.2) is 18.4 Å². The van der Waals surface area contributed by atoms with Gasteiger partial charge >= 0.3 is 0 Å². The lowest BCUT2D eigenvalue weighted by Crippen LogP contribution is -2.34. The molecule has 0 aliphatic rings. The number of amides is 1. The summed E-state index contributed by atoms with van der Waals surface area (Å²) in [4.78, 5) is 20.3. The third kappa shape index (κ3) is 7.60. The predicted molar refractivity (Wildman–Crippen MR) is 138 cm³/mol. The lowest BCUT2D eigenvalue weighted by molar-refractivity contribution is 0.0977. The van der Waals surface area contributed by atoms with Gasteiger partial charge in [-0.2, -0.15) is 0 Å². The van der Waals surface area contributed by atoms with Gasteiger partial charge in [-0.3, -0.25) is 14.8 Å². The number of ether oxygens (including phenoxy) is 3. The van der Waals surface area contributed by atoms with Gasteiger partial charge in [0.2, 0.25) is 5.82 Å². The van der Waals surface area contributed by atoms with Gasteiger partial charge in [-0.05, 0) is 67.7 Å². The molecule has 1 amide bonds. The minimum atomic E-state index is -3.94. The van der Waals surface area contributed by atoms with Crippen LogP contribution in [0.4, 0.5) is 11.5 Å². The maximum absolute atomic E-state index is 12.7. The normalized spacial score (nSPS) is 10.8. The van der Waals surface area contributed by atoms with Gasteiger partial charge in [0, 0.05) is 30.3 Å². The Bertz CT molecular complexity index is 1290. The molecular formula is C23H25N5O6S2. The highest BCUT2D eigenvalue weighted by molar-refractivity contribution is 7.92. The van der Waals surface area contributed by atoms with E-state index < -0.39 is 15.9 Å². The molecule has 36 heavy (non-hydrogen) atoms. The van der Waals surface area contributed by atoms with Crippen molar-refractivity contribution in [3.05, 3.63) is 66.5 Å². The zero-order valence-corrected chi connectivity index (χ0v) is 21.2. The van der Waals surface area contributed by atoms with E-state index in [1.807, 2.05) is 6.92 Å². The fourth-order valence-corrected chi connectivity index (χ4v) is 4.07. The Morgan fingerprint density at radius 3 is 2.36 bits per heavy atom. The highest BCUT2D eigenvalue weighted by Gasteiger charge is 2.18. The van der Waals surface area contributed by atoms with Crippen molar-refractivity contribution in [3.8, 4) is 11.6 Å². The number of rotatable bonds is 11. The molecule has 3 aromatic rings. The number of carbonyl (C=O) groups excluding carboxylic acids is 1. The van der Waals surface area contributed by atoms with Gasteiger partial charge in [0.1, 0.15) is 12.4 Å². The smallest absolute Gasteiger partial charge is 0.263 e. The number of hydrogen-bond acceptors (Lipinski definition) is 9. The standard InChI is InChI=1S/C23H25N5O6S2/c1-3-33-14-15-34-18-8-4-16(5-9-18)21(29)27-23(35)26-17-6-10-19(11-7-17)36(30,31)28-20-22(32-2)25-13-12-24-20/h4-13H,3,14-15H2,1-2H3,(H,24,28)(H2,26,27,29,35). The van der Waals surface area contributed by atoms with E-state index in [1.165, 1.54) is 43.8 Å². The summed E-state index contributed by atoms with van der Waals surface area (Å²) in [5, 5.41) is 5.47. The molecule has 0 bridgehead atoms. The number of anilines is 2. The summed E-state index contributed by atoms with van der Waals surface area (Å²) in [5.41, 5.74) is 0.873. The zero-order valence-electron chi connectivity index (χ0n) is 19.6. The maximum atomic E-state index is 12.7. The number of nitrogens with zero attached hydrogens (tertiary/aromatic N) is 2. The SMILES string of the molecule is CCOCCOc1ccc(C(=O)NC(=S)Nc2ccc(S(=O)(=O)Nc3nccnc3OC)cc2)cc1. The van der Waals surface area contributed by atoms with Crippen molar-refractivity contribution in [2.75, 3.05) is 37.0 Å². The van der Waals surface area contributed by atoms with Gasteiger partial charge in [-0.15, -0.1) is 0 Å². The number of carbonyl (C=O) groups is 1. The minimum Gasteiger partial charge on any atom is -0.491 e. The number of aromatic nitrogens is 2. The van der Waals surface area contributed by atoms with E-state index in [9.17, 15) is 13.2 Å². The topological polar surface area (TPSA) is 141 Å². The minimum absolute atomic E-state index is 0.0146. The van der Waals surface area contributed by atoms with E-state index in [0.29, 0.717) is 36.8 Å². The van der Waals surface area contributed by atoms with E-state index in [2.05, 4.69) is 25.3 Å². The molecule has 0 spiro atoms. The molecule has 0 saturated carbocycles. The third-order valence-corrected chi connectivity index (χ3v) is 6.11. The van der Waals surface area contributed by atoms with Crippen LogP contribution < -0.4 is 24.8 Å². The number of hydrogen-bond donors (Lipinski definition) is 3. The molecule has 2 aromatic carbocycles. The molecule has 0 fully saturated rings. The molecule has 0 atom stereocenters. The summed E-state index contributed by atoms with van der Waals surface area (Å²) >= 11 is 5.20. The maximum Gasteiger partial charge on any atom is 0.263 e. The first-order valence-electron chi connectivity index (χ1n) is 10.7. The summed E-state index contributed by atoms with van der Waals surface area (Å²) in [6.07, 6.45) is 2.72. The van der Waals surface area contributed by atoms with Crippen LogP contribution >= 0.6 is 12.2 Å². The van der Waals surface area contributed by atoms with Crippen LogP contribution in [0.3, 0.4) is 0 Å². The van der Waals surface area contributed by atoms with E-state index in [0.717, 1.165) is 0 Å². The van der Waals surface area contributed by atoms with E-state index in [-0.39, 0.29) is 21.7 Å². The molecule has 0 unspecified atom stereocenters. The van der Waals surface area contributed by atoms with Crippen LogP contribution in [0.15, 0.2) is 65.8 Å². The largest absolute Gasteiger partial charge is 0.491 e. The van der Waals surface area contributed by atoms with Gasteiger partial charge in [0.05, 0.1) is 18.6 Å². The first-order valence-corrected chi connectivity index (χ1v) is 12.6. The first-order chi connectivity index (χ1) is 17.3. The highest BCUT2D eigenvalue weighted by Crippen LogP contribution is 2.22. The van der Waals surface area contributed by atoms with Gasteiger partial charge in [0.25, 0.3) is 21.8 Å². The van der Waals surface area contributed by atoms with Crippen molar-refractivity contribution in [2.24, 2.45) is 0 Å². The number of methoxy groups -OCH3 is 1. The van der Waals surface area contributed by atoms with Crippen molar-refractivity contribution < 1.29 is 27.4 Å². The lowest BCUT2D eigenvalue weighted by atomic mass is 10.2.